The molecule has 1 fully saturated rings. The van der Waals surface area contributed by atoms with Crippen molar-refractivity contribution in [1.82, 2.24) is 5.32 Å². The van der Waals surface area contributed by atoms with Crippen molar-refractivity contribution < 1.29 is 41.3 Å². The van der Waals surface area contributed by atoms with Crippen LogP contribution < -0.4 is 19.1 Å². The third kappa shape index (κ3) is 5.75. The quantitative estimate of drug-likeness (QED) is 0.178. The Hall–Kier alpha value is -4.49. The van der Waals surface area contributed by atoms with Gasteiger partial charge in [0, 0.05) is 0 Å². The van der Waals surface area contributed by atoms with Crippen molar-refractivity contribution >= 4 is 61.6 Å². The fourth-order valence-corrected chi connectivity index (χ4v) is 5.29. The number of methoxy groups -OCH3 is 2. The van der Waals surface area contributed by atoms with E-state index in [1.165, 1.54) is 68.8 Å². The molecule has 1 aliphatic heterocycles. The van der Waals surface area contributed by atoms with Crippen molar-refractivity contribution in [1.29, 1.82) is 0 Å². The van der Waals surface area contributed by atoms with Gasteiger partial charge in [0.1, 0.15) is 10.5 Å². The molecule has 40 heavy (non-hydrogen) atoms. The smallest absolute Gasteiger partial charge is 0.339 e. The molecule has 206 valence electrons. The third-order valence-corrected chi connectivity index (χ3v) is 7.54. The van der Waals surface area contributed by atoms with Gasteiger partial charge in [0.25, 0.3) is 11.8 Å². The summed E-state index contributed by atoms with van der Waals surface area (Å²) in [6, 6.07) is 13.3. The number of urea groups is 1. The van der Waals surface area contributed by atoms with Crippen LogP contribution in [-0.2, 0) is 24.4 Å². The van der Waals surface area contributed by atoms with Gasteiger partial charge in [-0.2, -0.15) is 8.42 Å². The largest absolute Gasteiger partial charge is 0.493 e. The van der Waals surface area contributed by atoms with Crippen LogP contribution in [-0.4, -0.2) is 46.5 Å². The molecule has 0 radical (unpaired) electrons. The van der Waals surface area contributed by atoms with Crippen LogP contribution in [0.4, 0.5) is 10.5 Å². The number of hydrogen-bond donors (Lipinski definition) is 1. The van der Waals surface area contributed by atoms with E-state index in [1.54, 1.807) is 12.1 Å². The fourth-order valence-electron chi connectivity index (χ4n) is 3.69. The Morgan fingerprint density at radius 2 is 1.62 bits per heavy atom. The van der Waals surface area contributed by atoms with E-state index in [4.69, 9.17) is 8.92 Å². The summed E-state index contributed by atoms with van der Waals surface area (Å²) in [7, 11) is -1.70. The molecule has 3 aromatic rings. The highest BCUT2D eigenvalue weighted by molar-refractivity contribution is 9.10. The molecular weight excluding hydrogens is 608 g/mol. The highest BCUT2D eigenvalue weighted by Gasteiger charge is 2.37. The molecule has 11 nitrogen and oxygen atoms in total. The SMILES string of the molecule is COC(=O)c1ccc(N2C(=O)NC(=O)/C(=C\c3cc(Br)c(OS(=O)(=O)c4ccc(C)cc4)c(OC)c3)C2=O)cc1. The van der Waals surface area contributed by atoms with Gasteiger partial charge in [-0.25, -0.2) is 14.5 Å². The number of hydrogen-bond acceptors (Lipinski definition) is 9. The lowest BCUT2D eigenvalue weighted by Crippen LogP contribution is -2.54. The topological polar surface area (TPSA) is 145 Å². The van der Waals surface area contributed by atoms with Crippen LogP contribution in [0.15, 0.2) is 75.6 Å². The zero-order valence-corrected chi connectivity index (χ0v) is 23.7. The Morgan fingerprint density at radius 1 is 0.975 bits per heavy atom. The Morgan fingerprint density at radius 3 is 2.23 bits per heavy atom. The summed E-state index contributed by atoms with van der Waals surface area (Å²) in [4.78, 5) is 50.7. The second-order valence-electron chi connectivity index (χ2n) is 8.38. The number of rotatable bonds is 7. The summed E-state index contributed by atoms with van der Waals surface area (Å²) >= 11 is 3.27. The van der Waals surface area contributed by atoms with Crippen LogP contribution in [0.3, 0.4) is 0 Å². The van der Waals surface area contributed by atoms with E-state index in [9.17, 15) is 27.6 Å². The maximum absolute atomic E-state index is 13.2. The van der Waals surface area contributed by atoms with Crippen molar-refractivity contribution in [2.45, 2.75) is 11.8 Å². The number of amides is 4. The maximum Gasteiger partial charge on any atom is 0.339 e. The highest BCUT2D eigenvalue weighted by atomic mass is 79.9. The molecule has 1 heterocycles. The molecule has 1 N–H and O–H groups in total. The Labute approximate surface area is 237 Å². The van der Waals surface area contributed by atoms with Crippen LogP contribution in [0.25, 0.3) is 6.08 Å². The number of imide groups is 2. The standard InChI is InChI=1S/C27H21BrN2O9S/c1-15-4-10-19(11-5-15)40(35,36)39-23-21(28)13-16(14-22(23)37-2)12-20-24(31)29-27(34)30(25(20)32)18-8-6-17(7-9-18)26(33)38-3/h4-14H,1-3H3,(H,29,31,34)/b20-12+. The molecule has 1 saturated heterocycles. The lowest BCUT2D eigenvalue weighted by Gasteiger charge is -2.26. The third-order valence-electron chi connectivity index (χ3n) is 5.71. The summed E-state index contributed by atoms with van der Waals surface area (Å²) in [5.74, 6) is -2.61. The first kappa shape index (κ1) is 28.5. The monoisotopic (exact) mass is 628 g/mol. The number of barbiturate groups is 1. The second kappa shape index (κ2) is 11.3. The van der Waals surface area contributed by atoms with E-state index in [1.807, 2.05) is 6.92 Å². The molecular formula is C27H21BrN2O9S. The van der Waals surface area contributed by atoms with E-state index in [2.05, 4.69) is 26.0 Å². The number of anilines is 1. The lowest BCUT2D eigenvalue weighted by atomic mass is 10.1. The van der Waals surface area contributed by atoms with Gasteiger partial charge in [0.15, 0.2) is 11.5 Å². The van der Waals surface area contributed by atoms with Gasteiger partial charge in [-0.1, -0.05) is 17.7 Å². The molecule has 0 saturated carbocycles. The van der Waals surface area contributed by atoms with Crippen molar-refractivity contribution in [2.75, 3.05) is 19.1 Å². The van der Waals surface area contributed by atoms with Crippen molar-refractivity contribution in [2.24, 2.45) is 0 Å². The predicted molar refractivity (Wildman–Crippen MR) is 146 cm³/mol. The minimum absolute atomic E-state index is 0.00749. The minimum atomic E-state index is -4.21. The summed E-state index contributed by atoms with van der Waals surface area (Å²) in [5.41, 5.74) is 1.06. The number of benzene rings is 3. The molecule has 13 heteroatoms. The summed E-state index contributed by atoms with van der Waals surface area (Å²) in [6.07, 6.45) is 1.21. The van der Waals surface area contributed by atoms with Crippen LogP contribution in [0.2, 0.25) is 0 Å². The van der Waals surface area contributed by atoms with Gasteiger partial charge >= 0.3 is 22.1 Å². The van der Waals surface area contributed by atoms with E-state index in [0.717, 1.165) is 10.5 Å². The average molecular weight is 629 g/mol. The number of halogens is 1. The number of nitrogens with zero attached hydrogens (tertiary/aromatic N) is 1. The number of aryl methyl sites for hydroxylation is 1. The van der Waals surface area contributed by atoms with Gasteiger partial charge in [-0.05, 0) is 83.0 Å². The second-order valence-corrected chi connectivity index (χ2v) is 10.8. The zero-order valence-electron chi connectivity index (χ0n) is 21.3. The summed E-state index contributed by atoms with van der Waals surface area (Å²) < 4.78 is 41.1. The first-order valence-electron chi connectivity index (χ1n) is 11.4. The Bertz CT molecular complexity index is 1670. The van der Waals surface area contributed by atoms with Crippen molar-refractivity contribution in [3.8, 4) is 11.5 Å². The number of esters is 1. The van der Waals surface area contributed by atoms with Crippen LogP contribution in [0, 0.1) is 6.92 Å². The molecule has 3 aromatic carbocycles. The average Bonchev–Trinajstić information content (AvgIpc) is 2.92. The summed E-state index contributed by atoms with van der Waals surface area (Å²) in [5, 5.41) is 2.11. The molecule has 0 aromatic heterocycles. The minimum Gasteiger partial charge on any atom is -0.493 e. The normalized spacial score (nSPS) is 14.7. The highest BCUT2D eigenvalue weighted by Crippen LogP contribution is 2.39. The van der Waals surface area contributed by atoms with E-state index < -0.39 is 33.9 Å². The van der Waals surface area contributed by atoms with Crippen LogP contribution in [0.1, 0.15) is 21.5 Å². The van der Waals surface area contributed by atoms with Crippen molar-refractivity contribution in [3.63, 3.8) is 0 Å². The zero-order chi connectivity index (χ0) is 29.2. The molecule has 1 aliphatic rings. The van der Waals surface area contributed by atoms with E-state index in [0.29, 0.717) is 0 Å². The summed E-state index contributed by atoms with van der Waals surface area (Å²) in [6.45, 7) is 1.82. The molecule has 0 bridgehead atoms. The first-order chi connectivity index (χ1) is 18.9. The molecule has 4 rings (SSSR count). The van der Waals surface area contributed by atoms with Gasteiger partial charge in [-0.3, -0.25) is 14.9 Å². The van der Waals surface area contributed by atoms with Crippen LogP contribution >= 0.6 is 15.9 Å². The number of carbonyl (C=O) groups is 4. The molecule has 0 atom stereocenters. The van der Waals surface area contributed by atoms with Crippen LogP contribution in [0.5, 0.6) is 11.5 Å². The molecule has 0 spiro atoms. The lowest BCUT2D eigenvalue weighted by molar-refractivity contribution is -0.122. The number of carbonyl (C=O) groups excluding carboxylic acids is 4. The van der Waals surface area contributed by atoms with Crippen molar-refractivity contribution in [3.05, 3.63) is 87.4 Å². The Balaban J connectivity index is 1.67. The van der Waals surface area contributed by atoms with E-state index in [-0.39, 0.29) is 43.3 Å². The van der Waals surface area contributed by atoms with Gasteiger partial charge in [-0.15, -0.1) is 0 Å². The molecule has 0 aliphatic carbocycles. The first-order valence-corrected chi connectivity index (χ1v) is 13.6. The Kier molecular flexibility index (Phi) is 8.07. The fraction of sp³-hybridized carbons (Fsp3) is 0.111. The van der Waals surface area contributed by atoms with Gasteiger partial charge in [0.05, 0.1) is 29.9 Å². The predicted octanol–water partition coefficient (Wildman–Crippen LogP) is 3.99. The van der Waals surface area contributed by atoms with Gasteiger partial charge in [0.2, 0.25) is 0 Å². The van der Waals surface area contributed by atoms with E-state index >= 15 is 0 Å². The molecule has 0 unspecified atom stereocenters. The molecule has 4 amide bonds. The maximum atomic E-state index is 13.2. The number of ether oxygens (including phenoxy) is 2. The van der Waals surface area contributed by atoms with Gasteiger partial charge < -0.3 is 13.7 Å². The number of nitrogens with one attached hydrogen (secondary N) is 1.